The van der Waals surface area contributed by atoms with E-state index in [1.807, 2.05) is 0 Å². The fourth-order valence-electron chi connectivity index (χ4n) is 2.23. The molecule has 2 unspecified atom stereocenters. The van der Waals surface area contributed by atoms with Crippen molar-refractivity contribution in [2.75, 3.05) is 5.32 Å². The number of carboxylic acid groups (broad SMARTS) is 1. The van der Waals surface area contributed by atoms with Crippen LogP contribution < -0.4 is 5.32 Å². The summed E-state index contributed by atoms with van der Waals surface area (Å²) < 4.78 is 0. The van der Waals surface area contributed by atoms with E-state index in [4.69, 9.17) is 16.7 Å². The summed E-state index contributed by atoms with van der Waals surface area (Å²) in [5.41, 5.74) is 0.557. The Hall–Kier alpha value is -1.33. The van der Waals surface area contributed by atoms with E-state index in [0.717, 1.165) is 19.3 Å². The van der Waals surface area contributed by atoms with E-state index in [0.29, 0.717) is 12.1 Å². The average Bonchev–Trinajstić information content (AvgIpc) is 2.28. The van der Waals surface area contributed by atoms with E-state index < -0.39 is 5.97 Å². The van der Waals surface area contributed by atoms with Crippen LogP contribution in [0.25, 0.3) is 0 Å². The molecule has 2 atom stereocenters. The molecule has 1 aromatic heterocycles. The average molecular weight is 271 g/mol. The van der Waals surface area contributed by atoms with Gasteiger partial charge in [-0.05, 0) is 31.7 Å². The lowest BCUT2D eigenvalue weighted by molar-refractivity contribution is 0.0697. The van der Waals surface area contributed by atoms with Crippen molar-refractivity contribution in [3.63, 3.8) is 0 Å². The highest BCUT2D eigenvalue weighted by Crippen LogP contribution is 2.25. The summed E-state index contributed by atoms with van der Waals surface area (Å²) >= 11 is 5.77. The van der Waals surface area contributed by atoms with Crippen LogP contribution in [0.5, 0.6) is 0 Å². The number of aromatic carboxylic acids is 1. The van der Waals surface area contributed by atoms with Crippen LogP contribution >= 0.6 is 11.6 Å². The number of carbonyl (C=O) groups is 1. The van der Waals surface area contributed by atoms with E-state index in [-0.39, 0.29) is 22.9 Å². The molecule has 5 nitrogen and oxygen atoms in total. The zero-order valence-electron chi connectivity index (χ0n) is 9.77. The summed E-state index contributed by atoms with van der Waals surface area (Å²) in [6, 6.07) is 1.58. The molecule has 2 rings (SSSR count). The number of pyridine rings is 1. The third kappa shape index (κ3) is 3.11. The maximum atomic E-state index is 11.1. The third-order valence-corrected chi connectivity index (χ3v) is 3.31. The first-order chi connectivity index (χ1) is 8.56. The summed E-state index contributed by atoms with van der Waals surface area (Å²) in [5, 5.41) is 22.0. The molecule has 18 heavy (non-hydrogen) atoms. The quantitative estimate of drug-likeness (QED) is 0.733. The highest BCUT2D eigenvalue weighted by atomic mass is 35.5. The smallest absolute Gasteiger partial charge is 0.339 e. The molecule has 0 bridgehead atoms. The molecule has 1 saturated carbocycles. The summed E-state index contributed by atoms with van der Waals surface area (Å²) in [6.07, 6.45) is 4.20. The monoisotopic (exact) mass is 270 g/mol. The van der Waals surface area contributed by atoms with Crippen molar-refractivity contribution >= 4 is 23.3 Å². The van der Waals surface area contributed by atoms with Gasteiger partial charge in [-0.1, -0.05) is 11.6 Å². The highest BCUT2D eigenvalue weighted by molar-refractivity contribution is 6.29. The van der Waals surface area contributed by atoms with E-state index in [2.05, 4.69) is 10.3 Å². The van der Waals surface area contributed by atoms with E-state index in [1.165, 1.54) is 12.3 Å². The maximum Gasteiger partial charge on any atom is 0.339 e. The molecule has 98 valence electrons. The molecule has 0 saturated heterocycles. The van der Waals surface area contributed by atoms with Gasteiger partial charge >= 0.3 is 5.97 Å². The molecular weight excluding hydrogens is 256 g/mol. The van der Waals surface area contributed by atoms with Crippen molar-refractivity contribution in [2.24, 2.45) is 0 Å². The lowest BCUT2D eigenvalue weighted by Crippen LogP contribution is -2.30. The Morgan fingerprint density at radius 1 is 1.50 bits per heavy atom. The van der Waals surface area contributed by atoms with E-state index >= 15 is 0 Å². The van der Waals surface area contributed by atoms with Gasteiger partial charge in [-0.15, -0.1) is 0 Å². The predicted octanol–water partition coefficient (Wildman–Crippen LogP) is 2.15. The molecule has 1 aromatic rings. The van der Waals surface area contributed by atoms with Gasteiger partial charge in [0, 0.05) is 12.2 Å². The van der Waals surface area contributed by atoms with Gasteiger partial charge in [0.15, 0.2) is 0 Å². The van der Waals surface area contributed by atoms with Crippen LogP contribution in [0, 0.1) is 0 Å². The number of aliphatic hydroxyl groups is 1. The Balaban J connectivity index is 2.16. The minimum atomic E-state index is -1.04. The normalized spacial score (nSPS) is 23.7. The minimum Gasteiger partial charge on any atom is -0.478 e. The number of hydrogen-bond donors (Lipinski definition) is 3. The first-order valence-electron chi connectivity index (χ1n) is 5.89. The largest absolute Gasteiger partial charge is 0.478 e. The Kier molecular flexibility index (Phi) is 4.04. The molecule has 3 N–H and O–H groups in total. The second-order valence-electron chi connectivity index (χ2n) is 4.52. The summed E-state index contributed by atoms with van der Waals surface area (Å²) in [4.78, 5) is 14.8. The van der Waals surface area contributed by atoms with Crippen LogP contribution in [0.1, 0.15) is 36.0 Å². The van der Waals surface area contributed by atoms with Crippen LogP contribution in [0.4, 0.5) is 5.69 Å². The number of anilines is 1. The van der Waals surface area contributed by atoms with E-state index in [1.54, 1.807) is 0 Å². The van der Waals surface area contributed by atoms with Crippen LogP contribution in [-0.4, -0.2) is 33.3 Å². The number of halogens is 1. The summed E-state index contributed by atoms with van der Waals surface area (Å²) in [5.74, 6) is -1.04. The molecule has 6 heteroatoms. The molecule has 1 fully saturated rings. The van der Waals surface area contributed by atoms with Crippen molar-refractivity contribution in [3.8, 4) is 0 Å². The van der Waals surface area contributed by atoms with Crippen LogP contribution in [0.15, 0.2) is 12.3 Å². The predicted molar refractivity (Wildman–Crippen MR) is 68.1 cm³/mol. The van der Waals surface area contributed by atoms with Crippen LogP contribution in [0.3, 0.4) is 0 Å². The second-order valence-corrected chi connectivity index (χ2v) is 4.91. The van der Waals surface area contributed by atoms with Gasteiger partial charge < -0.3 is 15.5 Å². The highest BCUT2D eigenvalue weighted by Gasteiger charge is 2.22. The fourth-order valence-corrected chi connectivity index (χ4v) is 2.39. The molecule has 1 aliphatic carbocycles. The second kappa shape index (κ2) is 5.54. The van der Waals surface area contributed by atoms with Crippen LogP contribution in [-0.2, 0) is 0 Å². The number of nitrogens with one attached hydrogen (secondary N) is 1. The van der Waals surface area contributed by atoms with E-state index in [9.17, 15) is 9.90 Å². The SMILES string of the molecule is O=C(O)c1cnc(Cl)cc1NC1CCCC(O)C1. The zero-order chi connectivity index (χ0) is 13.1. The van der Waals surface area contributed by atoms with Crippen molar-refractivity contribution in [1.29, 1.82) is 0 Å². The Morgan fingerprint density at radius 3 is 2.94 bits per heavy atom. The molecule has 0 aromatic carbocycles. The number of hydrogen-bond acceptors (Lipinski definition) is 4. The van der Waals surface area contributed by atoms with Crippen LogP contribution in [0.2, 0.25) is 5.15 Å². The minimum absolute atomic E-state index is 0.0744. The zero-order valence-corrected chi connectivity index (χ0v) is 10.5. The van der Waals surface area contributed by atoms with Crippen molar-refractivity contribution in [3.05, 3.63) is 23.0 Å². The number of rotatable bonds is 3. The van der Waals surface area contributed by atoms with Crippen molar-refractivity contribution in [2.45, 2.75) is 37.8 Å². The van der Waals surface area contributed by atoms with Gasteiger partial charge in [0.25, 0.3) is 0 Å². The molecule has 1 heterocycles. The van der Waals surface area contributed by atoms with Crippen molar-refractivity contribution < 1.29 is 15.0 Å². The molecule has 0 aliphatic heterocycles. The Morgan fingerprint density at radius 2 is 2.28 bits per heavy atom. The molecule has 0 amide bonds. The van der Waals surface area contributed by atoms with Gasteiger partial charge in [0.05, 0.1) is 11.8 Å². The summed E-state index contributed by atoms with van der Waals surface area (Å²) in [6.45, 7) is 0. The molecular formula is C12H15ClN2O3. The maximum absolute atomic E-state index is 11.1. The van der Waals surface area contributed by atoms with Gasteiger partial charge in [-0.2, -0.15) is 0 Å². The third-order valence-electron chi connectivity index (χ3n) is 3.11. The fraction of sp³-hybridized carbons (Fsp3) is 0.500. The number of nitrogens with zero attached hydrogens (tertiary/aromatic N) is 1. The molecule has 0 spiro atoms. The van der Waals surface area contributed by atoms with Gasteiger partial charge in [-0.3, -0.25) is 0 Å². The lowest BCUT2D eigenvalue weighted by atomic mass is 9.93. The number of carboxylic acids is 1. The van der Waals surface area contributed by atoms with Gasteiger partial charge in [0.1, 0.15) is 10.7 Å². The number of aliphatic hydroxyl groups excluding tert-OH is 1. The van der Waals surface area contributed by atoms with Gasteiger partial charge in [0.2, 0.25) is 0 Å². The Bertz CT molecular complexity index is 453. The summed E-state index contributed by atoms with van der Waals surface area (Å²) in [7, 11) is 0. The topological polar surface area (TPSA) is 82.5 Å². The first-order valence-corrected chi connectivity index (χ1v) is 6.27. The Labute approximate surface area is 110 Å². The van der Waals surface area contributed by atoms with Crippen molar-refractivity contribution in [1.82, 2.24) is 4.98 Å². The first kappa shape index (κ1) is 13.1. The molecule has 1 aliphatic rings. The standard InChI is InChI=1S/C12H15ClN2O3/c13-11-5-10(9(6-14-11)12(17)18)15-7-2-1-3-8(16)4-7/h5-8,16H,1-4H2,(H,14,15)(H,17,18). The van der Waals surface area contributed by atoms with Gasteiger partial charge in [-0.25, -0.2) is 9.78 Å². The molecule has 0 radical (unpaired) electrons. The lowest BCUT2D eigenvalue weighted by Gasteiger charge is -2.27. The number of aromatic nitrogens is 1.